The maximum atomic E-state index is 2.44. The largest absolute Gasteiger partial charge is 0.310 e. The number of hydrogen-bond acceptors (Lipinski definition) is 2. The third-order valence-corrected chi connectivity index (χ3v) is 13.3. The van der Waals surface area contributed by atoms with Gasteiger partial charge in [-0.05, 0) is 127 Å². The van der Waals surface area contributed by atoms with E-state index in [0.717, 1.165) is 39.7 Å². The first kappa shape index (κ1) is 38.2. The van der Waals surface area contributed by atoms with E-state index in [2.05, 4.69) is 277 Å². The van der Waals surface area contributed by atoms with E-state index in [1.165, 1.54) is 60.5 Å². The van der Waals surface area contributed by atoms with Crippen LogP contribution in [0.3, 0.4) is 0 Å². The molecule has 0 amide bonds. The highest BCUT2D eigenvalue weighted by Gasteiger charge is 2.46. The molecule has 0 spiro atoms. The van der Waals surface area contributed by atoms with Crippen LogP contribution in [0.2, 0.25) is 0 Å². The van der Waals surface area contributed by atoms with Crippen molar-refractivity contribution in [3.05, 3.63) is 289 Å². The highest BCUT2D eigenvalue weighted by atomic mass is 15.1. The van der Waals surface area contributed by atoms with Crippen molar-refractivity contribution in [2.75, 3.05) is 9.80 Å². The van der Waals surface area contributed by atoms with Crippen LogP contribution in [0.15, 0.2) is 267 Å². The molecule has 0 aromatic heterocycles. The molecule has 0 N–H and O–H groups in total. The van der Waals surface area contributed by atoms with Gasteiger partial charge in [0.2, 0.25) is 0 Å². The summed E-state index contributed by atoms with van der Waals surface area (Å²) in [6, 6.07) is 97.4. The van der Waals surface area contributed by atoms with Gasteiger partial charge in [-0.25, -0.2) is 0 Å². The van der Waals surface area contributed by atoms with Crippen LogP contribution < -0.4 is 9.80 Å². The fourth-order valence-corrected chi connectivity index (χ4v) is 10.4. The van der Waals surface area contributed by atoms with Gasteiger partial charge < -0.3 is 9.80 Å². The fourth-order valence-electron chi connectivity index (χ4n) is 10.4. The summed E-state index contributed by atoms with van der Waals surface area (Å²) in [5.74, 6) is 0. The van der Waals surface area contributed by atoms with Crippen LogP contribution in [-0.2, 0) is 5.41 Å². The predicted molar refractivity (Wildman–Crippen MR) is 274 cm³/mol. The van der Waals surface area contributed by atoms with Gasteiger partial charge in [0.15, 0.2) is 0 Å². The summed E-state index contributed by atoms with van der Waals surface area (Å²) in [6.07, 6.45) is 0. The second kappa shape index (κ2) is 16.0. The van der Waals surface area contributed by atoms with Crippen LogP contribution in [-0.4, -0.2) is 0 Å². The molecule has 0 bridgehead atoms. The van der Waals surface area contributed by atoms with Crippen molar-refractivity contribution in [2.45, 2.75) is 5.41 Å². The first-order valence-electron chi connectivity index (χ1n) is 22.4. The van der Waals surface area contributed by atoms with Crippen molar-refractivity contribution in [3.8, 4) is 22.3 Å². The molecule has 0 saturated heterocycles. The van der Waals surface area contributed by atoms with Crippen LogP contribution in [0.1, 0.15) is 22.3 Å². The number of anilines is 6. The van der Waals surface area contributed by atoms with E-state index in [1.807, 2.05) is 0 Å². The molecule has 0 atom stereocenters. The molecule has 0 radical (unpaired) electrons. The van der Waals surface area contributed by atoms with Crippen molar-refractivity contribution in [1.29, 1.82) is 0 Å². The molecule has 0 saturated carbocycles. The van der Waals surface area contributed by atoms with Gasteiger partial charge in [-0.1, -0.05) is 200 Å². The molecular weight excluding hydrogens is 785 g/mol. The Morgan fingerprint density at radius 2 is 0.738 bits per heavy atom. The van der Waals surface area contributed by atoms with Gasteiger partial charge in [-0.2, -0.15) is 0 Å². The summed E-state index contributed by atoms with van der Waals surface area (Å²) < 4.78 is 0. The van der Waals surface area contributed by atoms with Gasteiger partial charge in [-0.15, -0.1) is 0 Å². The van der Waals surface area contributed by atoms with E-state index in [0.29, 0.717) is 0 Å². The monoisotopic (exact) mass is 828 g/mol. The van der Waals surface area contributed by atoms with Gasteiger partial charge in [0.05, 0.1) is 11.1 Å². The zero-order valence-electron chi connectivity index (χ0n) is 35.8. The Morgan fingerprint density at radius 3 is 1.43 bits per heavy atom. The van der Waals surface area contributed by atoms with Crippen LogP contribution in [0.4, 0.5) is 34.1 Å². The first-order chi connectivity index (χ1) is 32.3. The van der Waals surface area contributed by atoms with Crippen LogP contribution >= 0.6 is 0 Å². The molecule has 1 aliphatic rings. The molecule has 11 aromatic rings. The molecule has 65 heavy (non-hydrogen) atoms. The molecular formula is C63H44N2. The Kier molecular flexibility index (Phi) is 9.43. The van der Waals surface area contributed by atoms with E-state index in [4.69, 9.17) is 0 Å². The molecule has 0 aliphatic heterocycles. The molecule has 2 heteroatoms. The van der Waals surface area contributed by atoms with Crippen molar-refractivity contribution in [3.63, 3.8) is 0 Å². The van der Waals surface area contributed by atoms with Gasteiger partial charge in [0, 0.05) is 33.8 Å². The molecule has 0 heterocycles. The van der Waals surface area contributed by atoms with E-state index >= 15 is 0 Å². The zero-order valence-corrected chi connectivity index (χ0v) is 35.8. The smallest absolute Gasteiger partial charge is 0.0714 e. The summed E-state index contributed by atoms with van der Waals surface area (Å²) in [7, 11) is 0. The highest BCUT2D eigenvalue weighted by molar-refractivity contribution is 6.07. The quantitative estimate of drug-likeness (QED) is 0.143. The molecule has 0 unspecified atom stereocenters. The van der Waals surface area contributed by atoms with Crippen molar-refractivity contribution < 1.29 is 0 Å². The third kappa shape index (κ3) is 6.41. The van der Waals surface area contributed by atoms with E-state index < -0.39 is 5.41 Å². The predicted octanol–water partition coefficient (Wildman–Crippen LogP) is 17.0. The number of benzene rings is 11. The minimum absolute atomic E-state index is 0.492. The summed E-state index contributed by atoms with van der Waals surface area (Å²) in [5.41, 5.74) is 16.2. The lowest BCUT2D eigenvalue weighted by Crippen LogP contribution is -2.28. The number of para-hydroxylation sites is 2. The molecule has 1 aliphatic carbocycles. The lowest BCUT2D eigenvalue weighted by Gasteiger charge is -2.35. The Morgan fingerprint density at radius 1 is 0.262 bits per heavy atom. The lowest BCUT2D eigenvalue weighted by molar-refractivity contribution is 0.768. The lowest BCUT2D eigenvalue weighted by atomic mass is 9.67. The van der Waals surface area contributed by atoms with Gasteiger partial charge in [0.1, 0.15) is 0 Å². The Hall–Kier alpha value is -8.46. The van der Waals surface area contributed by atoms with Crippen molar-refractivity contribution in [1.82, 2.24) is 0 Å². The van der Waals surface area contributed by atoms with Gasteiger partial charge >= 0.3 is 0 Å². The minimum atomic E-state index is -0.492. The average Bonchev–Trinajstić information content (AvgIpc) is 3.68. The number of hydrogen-bond donors (Lipinski definition) is 0. The normalized spacial score (nSPS) is 12.4. The summed E-state index contributed by atoms with van der Waals surface area (Å²) in [4.78, 5) is 4.79. The van der Waals surface area contributed by atoms with E-state index in [9.17, 15) is 0 Å². The van der Waals surface area contributed by atoms with E-state index in [-0.39, 0.29) is 0 Å². The summed E-state index contributed by atoms with van der Waals surface area (Å²) >= 11 is 0. The third-order valence-electron chi connectivity index (χ3n) is 13.3. The molecule has 306 valence electrons. The molecule has 2 nitrogen and oxygen atoms in total. The summed E-state index contributed by atoms with van der Waals surface area (Å²) in [5, 5.41) is 4.84. The average molecular weight is 829 g/mol. The topological polar surface area (TPSA) is 6.48 Å². The number of rotatable bonds is 9. The van der Waals surface area contributed by atoms with Crippen molar-refractivity contribution >= 4 is 55.7 Å². The Bertz CT molecular complexity index is 3430. The van der Waals surface area contributed by atoms with Crippen LogP contribution in [0.25, 0.3) is 43.8 Å². The zero-order chi connectivity index (χ0) is 43.2. The maximum Gasteiger partial charge on any atom is 0.0714 e. The maximum absolute atomic E-state index is 2.44. The molecule has 0 fully saturated rings. The first-order valence-corrected chi connectivity index (χ1v) is 22.4. The summed E-state index contributed by atoms with van der Waals surface area (Å²) in [6.45, 7) is 0. The highest BCUT2D eigenvalue weighted by Crippen LogP contribution is 2.57. The van der Waals surface area contributed by atoms with Gasteiger partial charge in [-0.3, -0.25) is 0 Å². The van der Waals surface area contributed by atoms with Crippen LogP contribution in [0.5, 0.6) is 0 Å². The second-order valence-corrected chi connectivity index (χ2v) is 16.9. The molecule has 12 rings (SSSR count). The minimum Gasteiger partial charge on any atom is -0.310 e. The fraction of sp³-hybridized carbons (Fsp3) is 0.0159. The van der Waals surface area contributed by atoms with Crippen molar-refractivity contribution in [2.24, 2.45) is 0 Å². The Labute approximate surface area is 380 Å². The molecule has 11 aromatic carbocycles. The van der Waals surface area contributed by atoms with E-state index in [1.54, 1.807) is 0 Å². The standard InChI is InChI=1S/C63H44N2/c1-5-21-48(22-6-1)63(49-23-7-2-8-24-49)60-32-18-17-30-57(60)58-40-39-54(44-61(58)63)64(50-25-9-3-10-26-50)52-36-34-46(35-37-52)55-41-42-62(59-31-16-15-29-56(55)59)65(51-27-11-4-12-28-51)53-38-33-45-19-13-14-20-47(45)43-53/h1-44H. The number of nitrogens with zero attached hydrogens (tertiary/aromatic N) is 2. The Balaban J connectivity index is 0.982. The SMILES string of the molecule is c1ccc(N(c2ccc(-c3ccc(N(c4ccccc4)c4ccc5ccccc5c4)c4ccccc34)cc2)c2ccc3c(c2)C(c2ccccc2)(c2ccccc2)c2ccccc2-3)cc1. The number of fused-ring (bicyclic) bond motifs is 5. The van der Waals surface area contributed by atoms with Gasteiger partial charge in [0.25, 0.3) is 0 Å². The van der Waals surface area contributed by atoms with Crippen LogP contribution in [0, 0.1) is 0 Å². The second-order valence-electron chi connectivity index (χ2n) is 16.9.